The summed E-state index contributed by atoms with van der Waals surface area (Å²) in [5, 5.41) is 11.0. The number of rotatable bonds is 1. The molecule has 3 heteroatoms. The summed E-state index contributed by atoms with van der Waals surface area (Å²) < 4.78 is 5.48. The molecular weight excluding hydrogens is 312 g/mol. The Morgan fingerprint density at radius 1 is 1.08 bits per heavy atom. The summed E-state index contributed by atoms with van der Waals surface area (Å²) in [5.41, 5.74) is -0.172. The van der Waals surface area contributed by atoms with Crippen LogP contribution in [0.3, 0.4) is 0 Å². The van der Waals surface area contributed by atoms with Gasteiger partial charge < -0.3 is 9.84 Å². The summed E-state index contributed by atoms with van der Waals surface area (Å²) in [6, 6.07) is 0. The molecule has 4 rings (SSSR count). The lowest BCUT2D eigenvalue weighted by Gasteiger charge is -2.60. The third kappa shape index (κ3) is 2.44. The molecule has 4 aliphatic rings. The third-order valence-electron chi connectivity index (χ3n) is 9.03. The van der Waals surface area contributed by atoms with Gasteiger partial charge in [0.2, 0.25) is 0 Å². The third-order valence-corrected chi connectivity index (χ3v) is 9.03. The van der Waals surface area contributed by atoms with Gasteiger partial charge in [-0.3, -0.25) is 4.79 Å². The van der Waals surface area contributed by atoms with Crippen molar-refractivity contribution in [2.75, 3.05) is 0 Å². The fourth-order valence-corrected chi connectivity index (χ4v) is 7.32. The van der Waals surface area contributed by atoms with Gasteiger partial charge in [-0.1, -0.05) is 19.9 Å². The van der Waals surface area contributed by atoms with Crippen LogP contribution in [0.25, 0.3) is 0 Å². The van der Waals surface area contributed by atoms with E-state index in [2.05, 4.69) is 32.9 Å². The van der Waals surface area contributed by atoms with Crippen molar-refractivity contribution in [1.29, 1.82) is 0 Å². The highest BCUT2D eigenvalue weighted by molar-refractivity contribution is 5.66. The Balaban J connectivity index is 1.60. The summed E-state index contributed by atoms with van der Waals surface area (Å²) in [7, 11) is 0. The van der Waals surface area contributed by atoms with Crippen LogP contribution in [0.5, 0.6) is 0 Å². The molecule has 0 heterocycles. The van der Waals surface area contributed by atoms with E-state index in [4.69, 9.17) is 4.74 Å². The van der Waals surface area contributed by atoms with Gasteiger partial charge in [-0.15, -0.1) is 0 Å². The van der Waals surface area contributed by atoms with Gasteiger partial charge in [0.15, 0.2) is 0 Å². The van der Waals surface area contributed by atoms with E-state index in [0.29, 0.717) is 17.8 Å². The molecule has 0 aromatic heterocycles. The first-order chi connectivity index (χ1) is 11.7. The van der Waals surface area contributed by atoms with E-state index < -0.39 is 5.60 Å². The molecule has 0 aromatic carbocycles. The maximum absolute atomic E-state index is 11.3. The van der Waals surface area contributed by atoms with Crippen molar-refractivity contribution < 1.29 is 14.6 Å². The fraction of sp³-hybridized carbons (Fsp3) is 0.864. The van der Waals surface area contributed by atoms with Crippen LogP contribution in [-0.2, 0) is 9.53 Å². The van der Waals surface area contributed by atoms with Crippen LogP contribution in [0.1, 0.15) is 72.6 Å². The Labute approximate surface area is 152 Å². The van der Waals surface area contributed by atoms with E-state index in [1.165, 1.54) is 32.6 Å². The minimum absolute atomic E-state index is 0.0341. The highest BCUT2D eigenvalue weighted by Crippen LogP contribution is 2.67. The Morgan fingerprint density at radius 2 is 1.80 bits per heavy atom. The van der Waals surface area contributed by atoms with Crippen LogP contribution >= 0.6 is 0 Å². The molecule has 0 saturated heterocycles. The first-order valence-corrected chi connectivity index (χ1v) is 10.3. The molecule has 4 aliphatic carbocycles. The Bertz CT molecular complexity index is 594. The van der Waals surface area contributed by atoms with Gasteiger partial charge >= 0.3 is 5.97 Å². The minimum Gasteiger partial charge on any atom is -0.458 e. The predicted octanol–water partition coefficient (Wildman–Crippen LogP) is 4.49. The van der Waals surface area contributed by atoms with Crippen LogP contribution in [-0.4, -0.2) is 22.8 Å². The zero-order chi connectivity index (χ0) is 18.0. The lowest BCUT2D eigenvalue weighted by Crippen LogP contribution is -2.55. The fourth-order valence-electron chi connectivity index (χ4n) is 7.32. The number of fused-ring (bicyclic) bond motifs is 5. The van der Waals surface area contributed by atoms with Crippen LogP contribution in [0.2, 0.25) is 0 Å². The molecule has 0 aromatic rings. The van der Waals surface area contributed by atoms with E-state index in [0.717, 1.165) is 25.2 Å². The molecule has 0 aliphatic heterocycles. The Morgan fingerprint density at radius 3 is 2.52 bits per heavy atom. The van der Waals surface area contributed by atoms with E-state index >= 15 is 0 Å². The maximum atomic E-state index is 11.3. The number of carbonyl (C=O) groups is 1. The molecule has 3 fully saturated rings. The second-order valence-electron chi connectivity index (χ2n) is 10.0. The van der Waals surface area contributed by atoms with Gasteiger partial charge in [0, 0.05) is 6.92 Å². The highest BCUT2D eigenvalue weighted by Gasteiger charge is 2.62. The van der Waals surface area contributed by atoms with Crippen LogP contribution in [0.4, 0.5) is 0 Å². The van der Waals surface area contributed by atoms with Crippen LogP contribution in [0, 0.1) is 34.5 Å². The summed E-state index contributed by atoms with van der Waals surface area (Å²) in [5.74, 6) is 2.57. The van der Waals surface area contributed by atoms with Crippen molar-refractivity contribution in [3.05, 3.63) is 12.2 Å². The van der Waals surface area contributed by atoms with Crippen molar-refractivity contribution in [3.8, 4) is 0 Å². The van der Waals surface area contributed by atoms with Gasteiger partial charge in [-0.05, 0) is 92.4 Å². The number of hydrogen-bond donors (Lipinski definition) is 1. The standard InChI is InChI=1S/C22H34O3/c1-14(23)25-16-7-10-20(2)15(13-16)5-6-17-18(20)8-11-21(3)19(17)9-12-22(21,4)24/h7,10,15-19,24H,5-6,8-9,11-13H2,1-4H3/t15-,16-,17+,18-,19-,20-,21-,22-/m0/s1. The monoisotopic (exact) mass is 346 g/mol. The van der Waals surface area contributed by atoms with Gasteiger partial charge in [-0.25, -0.2) is 0 Å². The lowest BCUT2D eigenvalue weighted by atomic mass is 9.45. The van der Waals surface area contributed by atoms with Gasteiger partial charge in [0.25, 0.3) is 0 Å². The van der Waals surface area contributed by atoms with Crippen LogP contribution in [0.15, 0.2) is 12.2 Å². The SMILES string of the molecule is CC(=O)O[C@H]1C=C[C@@]2(C)[C@@H](CC[C@@H]3[C@@H]2CC[C@@]2(C)[C@H]3CC[C@]2(C)O)C1. The molecular formula is C22H34O3. The average Bonchev–Trinajstić information content (AvgIpc) is 2.77. The molecule has 0 spiro atoms. The van der Waals surface area contributed by atoms with E-state index in [1.54, 1.807) is 0 Å². The number of ether oxygens (including phenoxy) is 1. The Kier molecular flexibility index (Phi) is 3.92. The largest absolute Gasteiger partial charge is 0.458 e. The van der Waals surface area contributed by atoms with E-state index in [-0.39, 0.29) is 22.9 Å². The molecule has 3 nitrogen and oxygen atoms in total. The van der Waals surface area contributed by atoms with Crippen molar-refractivity contribution in [2.24, 2.45) is 34.5 Å². The average molecular weight is 347 g/mol. The molecule has 0 radical (unpaired) electrons. The lowest BCUT2D eigenvalue weighted by molar-refractivity contribution is -0.149. The first kappa shape index (κ1) is 17.6. The predicted molar refractivity (Wildman–Crippen MR) is 97.8 cm³/mol. The summed E-state index contributed by atoms with van der Waals surface area (Å²) >= 11 is 0. The highest BCUT2D eigenvalue weighted by atomic mass is 16.5. The molecule has 0 unspecified atom stereocenters. The molecule has 25 heavy (non-hydrogen) atoms. The number of carbonyl (C=O) groups excluding carboxylic acids is 1. The first-order valence-electron chi connectivity index (χ1n) is 10.3. The topological polar surface area (TPSA) is 46.5 Å². The van der Waals surface area contributed by atoms with Crippen molar-refractivity contribution in [1.82, 2.24) is 0 Å². The molecule has 8 atom stereocenters. The van der Waals surface area contributed by atoms with Gasteiger partial charge in [0.1, 0.15) is 6.10 Å². The van der Waals surface area contributed by atoms with E-state index in [1.807, 2.05) is 0 Å². The van der Waals surface area contributed by atoms with E-state index in [9.17, 15) is 9.90 Å². The number of esters is 1. The Hall–Kier alpha value is -0.830. The number of allylic oxidation sites excluding steroid dienone is 1. The van der Waals surface area contributed by atoms with Gasteiger partial charge in [0.05, 0.1) is 5.60 Å². The summed E-state index contributed by atoms with van der Waals surface area (Å²) in [6.45, 7) is 8.38. The van der Waals surface area contributed by atoms with Crippen LogP contribution < -0.4 is 0 Å². The molecule has 140 valence electrons. The molecule has 0 bridgehead atoms. The van der Waals surface area contributed by atoms with Gasteiger partial charge in [-0.2, -0.15) is 0 Å². The maximum Gasteiger partial charge on any atom is 0.303 e. The number of aliphatic hydroxyl groups is 1. The van der Waals surface area contributed by atoms with Crippen molar-refractivity contribution in [3.63, 3.8) is 0 Å². The molecule has 0 amide bonds. The van der Waals surface area contributed by atoms with Crippen molar-refractivity contribution >= 4 is 5.97 Å². The zero-order valence-corrected chi connectivity index (χ0v) is 16.3. The normalized spacial score (nSPS) is 54.4. The summed E-state index contributed by atoms with van der Waals surface area (Å²) in [6.07, 6.45) is 12.5. The smallest absolute Gasteiger partial charge is 0.303 e. The molecule has 3 saturated carbocycles. The minimum atomic E-state index is -0.497. The second kappa shape index (κ2) is 5.58. The number of hydrogen-bond acceptors (Lipinski definition) is 3. The second-order valence-corrected chi connectivity index (χ2v) is 10.0. The zero-order valence-electron chi connectivity index (χ0n) is 16.3. The molecule has 1 N–H and O–H groups in total. The van der Waals surface area contributed by atoms with Crippen molar-refractivity contribution in [2.45, 2.75) is 84.3 Å². The quantitative estimate of drug-likeness (QED) is 0.562. The summed E-state index contributed by atoms with van der Waals surface area (Å²) in [4.78, 5) is 11.3.